The van der Waals surface area contributed by atoms with Gasteiger partial charge in [-0.05, 0) is 48.9 Å². The Labute approximate surface area is 125 Å². The molecule has 0 aliphatic rings. The topological polar surface area (TPSA) is 71.1 Å². The van der Waals surface area contributed by atoms with Crippen LogP contribution in [0.2, 0.25) is 0 Å². The second-order valence-corrected chi connectivity index (χ2v) is 6.34. The summed E-state index contributed by atoms with van der Waals surface area (Å²) >= 11 is 0. The maximum absolute atomic E-state index is 12.4. The Morgan fingerprint density at radius 1 is 1.10 bits per heavy atom. The minimum absolute atomic E-state index is 0.266. The van der Waals surface area contributed by atoms with E-state index in [1.165, 1.54) is 0 Å². The molecule has 2 N–H and O–H groups in total. The summed E-state index contributed by atoms with van der Waals surface area (Å²) in [7, 11) is -1.74. The molecule has 0 saturated heterocycles. The van der Waals surface area contributed by atoms with Gasteiger partial charge in [0, 0.05) is 18.9 Å². The molecule has 1 aromatic heterocycles. The van der Waals surface area contributed by atoms with Gasteiger partial charge in [-0.15, -0.1) is 0 Å². The normalized spacial score (nSPS) is 11.3. The molecule has 0 bridgehead atoms. The minimum atomic E-state index is -3.58. The van der Waals surface area contributed by atoms with Crippen molar-refractivity contribution in [1.29, 1.82) is 0 Å². The fourth-order valence-electron chi connectivity index (χ4n) is 2.10. The Kier molecular flexibility index (Phi) is 4.93. The Morgan fingerprint density at radius 3 is 2.43 bits per heavy atom. The zero-order valence-electron chi connectivity index (χ0n) is 12.1. The van der Waals surface area contributed by atoms with Crippen molar-refractivity contribution in [3.63, 3.8) is 0 Å². The largest absolute Gasteiger partial charge is 0.316 e. The molecule has 2 aromatic rings. The number of hydrogen-bond acceptors (Lipinski definition) is 4. The summed E-state index contributed by atoms with van der Waals surface area (Å²) in [6.45, 7) is 2.69. The summed E-state index contributed by atoms with van der Waals surface area (Å²) in [6, 6.07) is 8.47. The third-order valence-corrected chi connectivity index (χ3v) is 4.55. The van der Waals surface area contributed by atoms with E-state index in [0.29, 0.717) is 12.2 Å². The fraction of sp³-hybridized carbons (Fsp3) is 0.267. The maximum Gasteiger partial charge on any atom is 0.261 e. The lowest BCUT2D eigenvalue weighted by molar-refractivity contribution is 0.601. The van der Waals surface area contributed by atoms with E-state index in [2.05, 4.69) is 21.9 Å². The number of aryl methyl sites for hydroxylation is 1. The van der Waals surface area contributed by atoms with Crippen LogP contribution in [0.25, 0.3) is 0 Å². The monoisotopic (exact) mass is 305 g/mol. The molecule has 0 atom stereocenters. The quantitative estimate of drug-likeness (QED) is 0.858. The van der Waals surface area contributed by atoms with E-state index in [1.54, 1.807) is 36.7 Å². The lowest BCUT2D eigenvalue weighted by Gasteiger charge is -2.12. The predicted molar refractivity (Wildman–Crippen MR) is 83.6 cm³/mol. The van der Waals surface area contributed by atoms with Gasteiger partial charge < -0.3 is 5.32 Å². The molecule has 1 heterocycles. The van der Waals surface area contributed by atoms with Gasteiger partial charge in [-0.3, -0.25) is 9.71 Å². The standard InChI is InChI=1S/C15H19N3O2S/c1-3-12-4-5-15(10-13(12)11-16-2)21(19,20)18-14-6-8-17-9-7-14/h4-10,16H,3,11H2,1-2H3,(H,17,18). The van der Waals surface area contributed by atoms with Gasteiger partial charge in [-0.25, -0.2) is 8.42 Å². The first-order valence-corrected chi connectivity index (χ1v) is 8.24. The summed E-state index contributed by atoms with van der Waals surface area (Å²) in [6.07, 6.45) is 3.96. The van der Waals surface area contributed by atoms with Gasteiger partial charge in [0.2, 0.25) is 0 Å². The second-order valence-electron chi connectivity index (χ2n) is 4.66. The molecule has 0 amide bonds. The molecule has 0 aliphatic heterocycles. The van der Waals surface area contributed by atoms with Crippen LogP contribution in [0.5, 0.6) is 0 Å². The van der Waals surface area contributed by atoms with Gasteiger partial charge in [-0.1, -0.05) is 13.0 Å². The average Bonchev–Trinajstić information content (AvgIpc) is 2.48. The van der Waals surface area contributed by atoms with Crippen LogP contribution in [-0.2, 0) is 23.0 Å². The molecular formula is C15H19N3O2S. The molecule has 0 spiro atoms. The van der Waals surface area contributed by atoms with Crippen molar-refractivity contribution in [2.24, 2.45) is 0 Å². The summed E-state index contributed by atoms with van der Waals surface area (Å²) < 4.78 is 27.4. The Bertz CT molecular complexity index is 700. The third kappa shape index (κ3) is 3.80. The van der Waals surface area contributed by atoms with E-state index >= 15 is 0 Å². The van der Waals surface area contributed by atoms with E-state index in [1.807, 2.05) is 13.1 Å². The molecule has 6 heteroatoms. The summed E-state index contributed by atoms with van der Waals surface area (Å²) in [5.74, 6) is 0. The molecule has 0 unspecified atom stereocenters. The Balaban J connectivity index is 2.34. The predicted octanol–water partition coefficient (Wildman–Crippen LogP) is 2.16. The van der Waals surface area contributed by atoms with Crippen LogP contribution in [0, 0.1) is 0 Å². The lowest BCUT2D eigenvalue weighted by Crippen LogP contribution is -2.15. The summed E-state index contributed by atoms with van der Waals surface area (Å²) in [5.41, 5.74) is 2.64. The van der Waals surface area contributed by atoms with Gasteiger partial charge in [0.25, 0.3) is 10.0 Å². The van der Waals surface area contributed by atoms with E-state index in [-0.39, 0.29) is 4.90 Å². The highest BCUT2D eigenvalue weighted by atomic mass is 32.2. The molecular weight excluding hydrogens is 286 g/mol. The number of aromatic nitrogens is 1. The van der Waals surface area contributed by atoms with Gasteiger partial charge in [0.1, 0.15) is 0 Å². The SMILES string of the molecule is CCc1ccc(S(=O)(=O)Nc2ccncc2)cc1CNC. The number of rotatable bonds is 6. The molecule has 5 nitrogen and oxygen atoms in total. The van der Waals surface area contributed by atoms with Crippen molar-refractivity contribution in [3.8, 4) is 0 Å². The van der Waals surface area contributed by atoms with Crippen LogP contribution in [-0.4, -0.2) is 20.4 Å². The first kappa shape index (κ1) is 15.5. The molecule has 0 aliphatic carbocycles. The van der Waals surface area contributed by atoms with Crippen LogP contribution < -0.4 is 10.0 Å². The lowest BCUT2D eigenvalue weighted by atomic mass is 10.1. The van der Waals surface area contributed by atoms with Crippen molar-refractivity contribution >= 4 is 15.7 Å². The number of nitrogens with zero attached hydrogens (tertiary/aromatic N) is 1. The number of anilines is 1. The van der Waals surface area contributed by atoms with E-state index in [9.17, 15) is 8.42 Å². The number of sulfonamides is 1. The zero-order valence-corrected chi connectivity index (χ0v) is 12.9. The second kappa shape index (κ2) is 6.69. The third-order valence-electron chi connectivity index (χ3n) is 3.17. The molecule has 0 radical (unpaired) electrons. The Hall–Kier alpha value is -1.92. The number of nitrogens with one attached hydrogen (secondary N) is 2. The van der Waals surface area contributed by atoms with E-state index in [4.69, 9.17) is 0 Å². The fourth-order valence-corrected chi connectivity index (χ4v) is 3.21. The van der Waals surface area contributed by atoms with Crippen molar-refractivity contribution in [3.05, 3.63) is 53.9 Å². The van der Waals surface area contributed by atoms with Crippen LogP contribution in [0.1, 0.15) is 18.1 Å². The highest BCUT2D eigenvalue weighted by Crippen LogP contribution is 2.19. The van der Waals surface area contributed by atoms with Crippen LogP contribution in [0.4, 0.5) is 5.69 Å². The number of benzene rings is 1. The van der Waals surface area contributed by atoms with Crippen LogP contribution in [0.15, 0.2) is 47.6 Å². The van der Waals surface area contributed by atoms with Crippen molar-refractivity contribution in [2.75, 3.05) is 11.8 Å². The molecule has 2 rings (SSSR count). The summed E-state index contributed by atoms with van der Waals surface area (Å²) in [5, 5.41) is 3.06. The van der Waals surface area contributed by atoms with Crippen LogP contribution >= 0.6 is 0 Å². The van der Waals surface area contributed by atoms with Crippen LogP contribution in [0.3, 0.4) is 0 Å². The van der Waals surface area contributed by atoms with Crippen molar-refractivity contribution in [2.45, 2.75) is 24.8 Å². The minimum Gasteiger partial charge on any atom is -0.316 e. The average molecular weight is 305 g/mol. The number of pyridine rings is 1. The van der Waals surface area contributed by atoms with Gasteiger partial charge in [0.05, 0.1) is 10.6 Å². The molecule has 0 saturated carbocycles. The smallest absolute Gasteiger partial charge is 0.261 e. The Morgan fingerprint density at radius 2 is 1.81 bits per heavy atom. The highest BCUT2D eigenvalue weighted by molar-refractivity contribution is 7.92. The van der Waals surface area contributed by atoms with E-state index < -0.39 is 10.0 Å². The van der Waals surface area contributed by atoms with Gasteiger partial charge in [0.15, 0.2) is 0 Å². The molecule has 1 aromatic carbocycles. The van der Waals surface area contributed by atoms with Crippen molar-refractivity contribution < 1.29 is 8.42 Å². The molecule has 0 fully saturated rings. The number of hydrogen-bond donors (Lipinski definition) is 2. The van der Waals surface area contributed by atoms with E-state index in [0.717, 1.165) is 17.5 Å². The van der Waals surface area contributed by atoms with Gasteiger partial charge in [-0.2, -0.15) is 0 Å². The first-order chi connectivity index (χ1) is 10.1. The van der Waals surface area contributed by atoms with Gasteiger partial charge >= 0.3 is 0 Å². The maximum atomic E-state index is 12.4. The zero-order chi connectivity index (χ0) is 15.3. The molecule has 112 valence electrons. The molecule has 21 heavy (non-hydrogen) atoms. The first-order valence-electron chi connectivity index (χ1n) is 6.76. The summed E-state index contributed by atoms with van der Waals surface area (Å²) in [4.78, 5) is 4.13. The highest BCUT2D eigenvalue weighted by Gasteiger charge is 2.15. The van der Waals surface area contributed by atoms with Crippen molar-refractivity contribution in [1.82, 2.24) is 10.3 Å².